The van der Waals surface area contributed by atoms with E-state index in [0.29, 0.717) is 19.4 Å². The normalized spacial score (nSPS) is 14.1. The summed E-state index contributed by atoms with van der Waals surface area (Å²) in [6.07, 6.45) is 0.842. The number of carbonyl (C=O) groups excluding carboxylic acids is 3. The fourth-order valence-corrected chi connectivity index (χ4v) is 3.11. The van der Waals surface area contributed by atoms with Crippen molar-refractivity contribution in [3.05, 3.63) is 35.9 Å². The minimum Gasteiger partial charge on any atom is -0.480 e. The lowest BCUT2D eigenvalue weighted by molar-refractivity contribution is -0.142. The fraction of sp³-hybridized carbons (Fsp3) is 0.476. The predicted octanol–water partition coefficient (Wildman–Crippen LogP) is -1.90. The Morgan fingerprint density at radius 1 is 1.00 bits per heavy atom. The van der Waals surface area contributed by atoms with Crippen LogP contribution < -0.4 is 33.2 Å². The van der Waals surface area contributed by atoms with Crippen LogP contribution in [0.2, 0.25) is 0 Å². The SMILES string of the molecule is CC(NC(=O)C(CS)NC(=O)C(N)CCCN=C(N)N)C(=O)NC(Cc1ccccc1)C(=O)O. The zero-order valence-electron chi connectivity index (χ0n) is 18.9. The molecule has 0 aromatic heterocycles. The van der Waals surface area contributed by atoms with Crippen molar-refractivity contribution >= 4 is 42.3 Å². The zero-order chi connectivity index (χ0) is 25.7. The lowest BCUT2D eigenvalue weighted by Crippen LogP contribution is -2.57. The second-order valence-corrected chi connectivity index (χ2v) is 7.98. The van der Waals surface area contributed by atoms with Gasteiger partial charge in [0.05, 0.1) is 6.04 Å². The molecule has 0 heterocycles. The van der Waals surface area contributed by atoms with Gasteiger partial charge in [-0.3, -0.25) is 19.4 Å². The highest BCUT2D eigenvalue weighted by atomic mass is 32.1. The summed E-state index contributed by atoms with van der Waals surface area (Å²) in [5.41, 5.74) is 17.0. The molecular weight excluding hydrogens is 462 g/mol. The number of carboxylic acids is 1. The number of nitrogens with one attached hydrogen (secondary N) is 3. The van der Waals surface area contributed by atoms with Gasteiger partial charge in [-0.05, 0) is 25.3 Å². The number of nitrogens with two attached hydrogens (primary N) is 3. The highest BCUT2D eigenvalue weighted by Gasteiger charge is 2.27. The van der Waals surface area contributed by atoms with Crippen LogP contribution in [-0.4, -0.2) is 71.2 Å². The van der Waals surface area contributed by atoms with Crippen LogP contribution >= 0.6 is 12.6 Å². The molecular formula is C21H33N7O5S. The molecule has 0 aliphatic carbocycles. The Labute approximate surface area is 203 Å². The van der Waals surface area contributed by atoms with Crippen LogP contribution in [0.4, 0.5) is 0 Å². The van der Waals surface area contributed by atoms with Crippen molar-refractivity contribution in [3.63, 3.8) is 0 Å². The number of carboxylic acid groups (broad SMARTS) is 1. The number of hydrogen-bond donors (Lipinski definition) is 8. The summed E-state index contributed by atoms with van der Waals surface area (Å²) in [4.78, 5) is 52.6. The average molecular weight is 496 g/mol. The summed E-state index contributed by atoms with van der Waals surface area (Å²) in [6, 6.07) is 4.66. The van der Waals surface area contributed by atoms with E-state index in [0.717, 1.165) is 5.56 Å². The zero-order valence-corrected chi connectivity index (χ0v) is 19.8. The molecule has 0 aliphatic heterocycles. The van der Waals surface area contributed by atoms with E-state index < -0.39 is 47.9 Å². The Bertz CT molecular complexity index is 864. The van der Waals surface area contributed by atoms with Crippen LogP contribution in [0.5, 0.6) is 0 Å². The molecule has 34 heavy (non-hydrogen) atoms. The number of aliphatic carboxylic acids is 1. The largest absolute Gasteiger partial charge is 0.480 e. The standard InChI is InChI=1S/C21H33N7O5S/c1-12(17(29)27-15(20(32)33)10-13-6-3-2-4-7-13)26-19(31)16(11-34)28-18(30)14(22)8-5-9-25-21(23)24/h2-4,6-7,12,14-16,34H,5,8-11,22H2,1H3,(H,26,31)(H,27,29)(H,28,30)(H,32,33)(H4,23,24,25). The maximum Gasteiger partial charge on any atom is 0.326 e. The van der Waals surface area contributed by atoms with Crippen molar-refractivity contribution in [2.45, 2.75) is 50.4 Å². The molecule has 10 N–H and O–H groups in total. The summed E-state index contributed by atoms with van der Waals surface area (Å²) in [5, 5.41) is 16.8. The first kappa shape index (κ1) is 28.7. The third-order valence-corrected chi connectivity index (χ3v) is 5.13. The van der Waals surface area contributed by atoms with E-state index in [4.69, 9.17) is 17.2 Å². The Morgan fingerprint density at radius 2 is 1.62 bits per heavy atom. The van der Waals surface area contributed by atoms with Crippen molar-refractivity contribution in [3.8, 4) is 0 Å². The number of nitrogens with zero attached hydrogens (tertiary/aromatic N) is 1. The number of rotatable bonds is 14. The molecule has 0 spiro atoms. The van der Waals surface area contributed by atoms with Gasteiger partial charge < -0.3 is 38.3 Å². The van der Waals surface area contributed by atoms with Gasteiger partial charge in [-0.2, -0.15) is 12.6 Å². The third kappa shape index (κ3) is 10.5. The molecule has 4 unspecified atom stereocenters. The first-order valence-electron chi connectivity index (χ1n) is 10.6. The van der Waals surface area contributed by atoms with Gasteiger partial charge in [0.2, 0.25) is 17.7 Å². The van der Waals surface area contributed by atoms with Gasteiger partial charge in [0.15, 0.2) is 5.96 Å². The first-order valence-corrected chi connectivity index (χ1v) is 11.3. The number of thiol groups is 1. The maximum atomic E-state index is 12.5. The number of benzene rings is 1. The Kier molecular flexibility index (Phi) is 12.5. The van der Waals surface area contributed by atoms with E-state index in [1.165, 1.54) is 6.92 Å². The molecule has 0 aliphatic rings. The third-order valence-electron chi connectivity index (χ3n) is 4.77. The van der Waals surface area contributed by atoms with Crippen LogP contribution in [0, 0.1) is 0 Å². The molecule has 3 amide bonds. The molecule has 188 valence electrons. The van der Waals surface area contributed by atoms with Crippen LogP contribution in [0.15, 0.2) is 35.3 Å². The first-order chi connectivity index (χ1) is 16.0. The minimum atomic E-state index is -1.20. The molecule has 13 heteroatoms. The Balaban J connectivity index is 2.60. The van der Waals surface area contributed by atoms with E-state index in [9.17, 15) is 24.3 Å². The Hall–Kier alpha value is -3.32. The van der Waals surface area contributed by atoms with Gasteiger partial charge in [0.1, 0.15) is 18.1 Å². The average Bonchev–Trinajstić information content (AvgIpc) is 2.79. The van der Waals surface area contributed by atoms with E-state index >= 15 is 0 Å². The van der Waals surface area contributed by atoms with Crippen molar-refractivity contribution in [1.29, 1.82) is 0 Å². The lowest BCUT2D eigenvalue weighted by atomic mass is 10.1. The van der Waals surface area contributed by atoms with Crippen LogP contribution in [0.1, 0.15) is 25.3 Å². The van der Waals surface area contributed by atoms with Gasteiger partial charge in [-0.1, -0.05) is 30.3 Å². The summed E-state index contributed by atoms with van der Waals surface area (Å²) in [6.45, 7) is 1.72. The summed E-state index contributed by atoms with van der Waals surface area (Å²) in [5.74, 6) is -3.21. The van der Waals surface area contributed by atoms with Crippen LogP contribution in [0.3, 0.4) is 0 Å². The van der Waals surface area contributed by atoms with Gasteiger partial charge in [0.25, 0.3) is 0 Å². The highest BCUT2D eigenvalue weighted by Crippen LogP contribution is 2.04. The molecule has 1 rings (SSSR count). The monoisotopic (exact) mass is 495 g/mol. The molecule has 4 atom stereocenters. The van der Waals surface area contributed by atoms with E-state index in [1.807, 2.05) is 0 Å². The molecule has 1 aromatic carbocycles. The summed E-state index contributed by atoms with van der Waals surface area (Å²) >= 11 is 4.08. The fourth-order valence-electron chi connectivity index (χ4n) is 2.85. The van der Waals surface area contributed by atoms with Crippen molar-refractivity contribution < 1.29 is 24.3 Å². The number of aliphatic imine (C=N–C) groups is 1. The van der Waals surface area contributed by atoms with Crippen molar-refractivity contribution in [2.75, 3.05) is 12.3 Å². The molecule has 12 nitrogen and oxygen atoms in total. The number of carbonyl (C=O) groups is 4. The van der Waals surface area contributed by atoms with Gasteiger partial charge >= 0.3 is 5.97 Å². The topological polar surface area (TPSA) is 215 Å². The van der Waals surface area contributed by atoms with Gasteiger partial charge in [-0.15, -0.1) is 0 Å². The maximum absolute atomic E-state index is 12.5. The molecule has 0 saturated carbocycles. The molecule has 0 bridgehead atoms. The summed E-state index contributed by atoms with van der Waals surface area (Å²) < 4.78 is 0. The van der Waals surface area contributed by atoms with Crippen LogP contribution in [0.25, 0.3) is 0 Å². The van der Waals surface area contributed by atoms with Crippen molar-refractivity contribution in [1.82, 2.24) is 16.0 Å². The van der Waals surface area contributed by atoms with E-state index in [2.05, 4.69) is 33.6 Å². The molecule has 0 radical (unpaired) electrons. The molecule has 0 fully saturated rings. The van der Waals surface area contributed by atoms with Gasteiger partial charge in [-0.25, -0.2) is 4.79 Å². The molecule has 1 aromatic rings. The smallest absolute Gasteiger partial charge is 0.326 e. The van der Waals surface area contributed by atoms with E-state index in [1.54, 1.807) is 30.3 Å². The van der Waals surface area contributed by atoms with Gasteiger partial charge in [0, 0.05) is 18.7 Å². The number of amides is 3. The quantitative estimate of drug-likeness (QED) is 0.0629. The van der Waals surface area contributed by atoms with Crippen molar-refractivity contribution in [2.24, 2.45) is 22.2 Å². The lowest BCUT2D eigenvalue weighted by Gasteiger charge is -2.22. The predicted molar refractivity (Wildman–Crippen MR) is 131 cm³/mol. The number of hydrogen-bond acceptors (Lipinski definition) is 7. The molecule has 0 saturated heterocycles. The Morgan fingerprint density at radius 3 is 2.18 bits per heavy atom. The highest BCUT2D eigenvalue weighted by molar-refractivity contribution is 7.80. The van der Waals surface area contributed by atoms with E-state index in [-0.39, 0.29) is 18.1 Å². The minimum absolute atomic E-state index is 0.0433. The second kappa shape index (κ2) is 14.8. The second-order valence-electron chi connectivity index (χ2n) is 7.62. The number of guanidine groups is 1. The summed E-state index contributed by atoms with van der Waals surface area (Å²) in [7, 11) is 0. The van der Waals surface area contributed by atoms with Crippen LogP contribution in [-0.2, 0) is 25.6 Å².